The summed E-state index contributed by atoms with van der Waals surface area (Å²) in [6.45, 7) is 0.232. The molecule has 2 aromatic rings. The standard InChI is InChI=1S/C15H15N3O3/c19-9-10-21-13-6-4-12(5-7-13)11-17-18-15(20)14-3-1-2-8-16-14/h1-8,11,19H,9-10H2,(H,18,20)/b17-11+. The monoisotopic (exact) mass is 285 g/mol. The minimum atomic E-state index is -0.366. The fourth-order valence-electron chi connectivity index (χ4n) is 1.53. The van der Waals surface area contributed by atoms with E-state index < -0.39 is 0 Å². The molecule has 0 fully saturated rings. The fraction of sp³-hybridized carbons (Fsp3) is 0.133. The van der Waals surface area contributed by atoms with Gasteiger partial charge in [-0.3, -0.25) is 9.78 Å². The molecule has 6 nitrogen and oxygen atoms in total. The molecule has 2 rings (SSSR count). The van der Waals surface area contributed by atoms with E-state index in [0.717, 1.165) is 5.56 Å². The number of hydrogen-bond donors (Lipinski definition) is 2. The normalized spacial score (nSPS) is 10.5. The zero-order valence-corrected chi connectivity index (χ0v) is 11.3. The van der Waals surface area contributed by atoms with E-state index in [4.69, 9.17) is 9.84 Å². The number of aliphatic hydroxyl groups is 1. The summed E-state index contributed by atoms with van der Waals surface area (Å²) in [7, 11) is 0. The van der Waals surface area contributed by atoms with Gasteiger partial charge in [0.2, 0.25) is 0 Å². The number of pyridine rings is 1. The minimum Gasteiger partial charge on any atom is -0.491 e. The van der Waals surface area contributed by atoms with Crippen molar-refractivity contribution in [2.75, 3.05) is 13.2 Å². The van der Waals surface area contributed by atoms with E-state index in [2.05, 4.69) is 15.5 Å². The molecule has 1 heterocycles. The number of hydrazone groups is 1. The molecule has 21 heavy (non-hydrogen) atoms. The number of aliphatic hydroxyl groups excluding tert-OH is 1. The van der Waals surface area contributed by atoms with Gasteiger partial charge in [-0.2, -0.15) is 5.10 Å². The van der Waals surface area contributed by atoms with Crippen molar-refractivity contribution in [3.05, 3.63) is 59.9 Å². The number of amides is 1. The molecular formula is C15H15N3O3. The SMILES string of the molecule is O=C(N/N=C/c1ccc(OCCO)cc1)c1ccccn1. The summed E-state index contributed by atoms with van der Waals surface area (Å²) in [4.78, 5) is 15.6. The number of nitrogens with one attached hydrogen (secondary N) is 1. The van der Waals surface area contributed by atoms with Crippen LogP contribution in [0.15, 0.2) is 53.8 Å². The van der Waals surface area contributed by atoms with Gasteiger partial charge in [0.1, 0.15) is 18.1 Å². The van der Waals surface area contributed by atoms with E-state index in [1.54, 1.807) is 48.7 Å². The lowest BCUT2D eigenvalue weighted by molar-refractivity contribution is 0.0950. The van der Waals surface area contributed by atoms with Crippen LogP contribution in [0, 0.1) is 0 Å². The molecule has 1 amide bonds. The molecule has 0 radical (unpaired) electrons. The molecule has 0 aliphatic carbocycles. The highest BCUT2D eigenvalue weighted by atomic mass is 16.5. The average Bonchev–Trinajstić information content (AvgIpc) is 2.55. The van der Waals surface area contributed by atoms with E-state index in [9.17, 15) is 4.79 Å². The number of benzene rings is 1. The van der Waals surface area contributed by atoms with Crippen molar-refractivity contribution in [1.29, 1.82) is 0 Å². The molecule has 0 unspecified atom stereocenters. The Bertz CT molecular complexity index is 597. The molecule has 6 heteroatoms. The molecule has 0 saturated heterocycles. The molecule has 0 bridgehead atoms. The Morgan fingerprint density at radius 1 is 1.29 bits per heavy atom. The number of aromatic nitrogens is 1. The smallest absolute Gasteiger partial charge is 0.289 e. The Hall–Kier alpha value is -2.73. The summed E-state index contributed by atoms with van der Waals surface area (Å²) in [6.07, 6.45) is 3.07. The van der Waals surface area contributed by atoms with E-state index in [1.165, 1.54) is 6.21 Å². The van der Waals surface area contributed by atoms with Gasteiger partial charge < -0.3 is 9.84 Å². The zero-order valence-electron chi connectivity index (χ0n) is 11.3. The molecule has 1 aromatic heterocycles. The van der Waals surface area contributed by atoms with Gasteiger partial charge in [-0.05, 0) is 42.0 Å². The van der Waals surface area contributed by atoms with Gasteiger partial charge in [-0.25, -0.2) is 5.43 Å². The van der Waals surface area contributed by atoms with Crippen LogP contribution in [-0.2, 0) is 0 Å². The van der Waals surface area contributed by atoms with Crippen molar-refractivity contribution in [1.82, 2.24) is 10.4 Å². The summed E-state index contributed by atoms with van der Waals surface area (Å²) < 4.78 is 5.24. The molecule has 0 spiro atoms. The lowest BCUT2D eigenvalue weighted by atomic mass is 10.2. The van der Waals surface area contributed by atoms with E-state index in [-0.39, 0.29) is 19.1 Å². The van der Waals surface area contributed by atoms with Gasteiger partial charge in [0.25, 0.3) is 5.91 Å². The lowest BCUT2D eigenvalue weighted by Gasteiger charge is -2.03. The van der Waals surface area contributed by atoms with Crippen LogP contribution in [0.3, 0.4) is 0 Å². The summed E-state index contributed by atoms with van der Waals surface area (Å²) >= 11 is 0. The number of rotatable bonds is 6. The minimum absolute atomic E-state index is 0.0250. The number of hydrogen-bond acceptors (Lipinski definition) is 5. The number of ether oxygens (including phenoxy) is 1. The third-order valence-electron chi connectivity index (χ3n) is 2.52. The summed E-state index contributed by atoms with van der Waals surface area (Å²) in [5, 5.41) is 12.5. The first-order chi connectivity index (χ1) is 10.3. The van der Waals surface area contributed by atoms with E-state index in [1.807, 2.05) is 0 Å². The Morgan fingerprint density at radius 3 is 2.76 bits per heavy atom. The highest BCUT2D eigenvalue weighted by Gasteiger charge is 2.03. The van der Waals surface area contributed by atoms with Crippen molar-refractivity contribution in [3.8, 4) is 5.75 Å². The molecule has 0 aliphatic heterocycles. The number of nitrogens with zero attached hydrogens (tertiary/aromatic N) is 2. The number of carbonyl (C=O) groups excluding carboxylic acids is 1. The highest BCUT2D eigenvalue weighted by Crippen LogP contribution is 2.10. The first kappa shape index (κ1) is 14.7. The fourth-order valence-corrected chi connectivity index (χ4v) is 1.53. The van der Waals surface area contributed by atoms with Crippen molar-refractivity contribution >= 4 is 12.1 Å². The van der Waals surface area contributed by atoms with Crippen LogP contribution in [0.5, 0.6) is 5.75 Å². The Labute approximate surface area is 122 Å². The molecule has 2 N–H and O–H groups in total. The van der Waals surface area contributed by atoms with Crippen LogP contribution in [-0.4, -0.2) is 35.4 Å². The van der Waals surface area contributed by atoms with Crippen molar-refractivity contribution in [2.24, 2.45) is 5.10 Å². The van der Waals surface area contributed by atoms with Crippen molar-refractivity contribution < 1.29 is 14.6 Å². The van der Waals surface area contributed by atoms with Crippen LogP contribution < -0.4 is 10.2 Å². The molecule has 108 valence electrons. The van der Waals surface area contributed by atoms with Gasteiger partial charge in [-0.15, -0.1) is 0 Å². The van der Waals surface area contributed by atoms with Gasteiger partial charge in [0.05, 0.1) is 12.8 Å². The van der Waals surface area contributed by atoms with Crippen LogP contribution in [0.2, 0.25) is 0 Å². The van der Waals surface area contributed by atoms with Gasteiger partial charge in [0, 0.05) is 6.20 Å². The Morgan fingerprint density at radius 2 is 2.10 bits per heavy atom. The molecule has 0 atom stereocenters. The topological polar surface area (TPSA) is 83.8 Å². The second-order valence-electron chi connectivity index (χ2n) is 4.06. The quantitative estimate of drug-likeness (QED) is 0.617. The lowest BCUT2D eigenvalue weighted by Crippen LogP contribution is -2.18. The maximum absolute atomic E-state index is 11.7. The van der Waals surface area contributed by atoms with Gasteiger partial charge in [0.15, 0.2) is 0 Å². The average molecular weight is 285 g/mol. The predicted octanol–water partition coefficient (Wildman–Crippen LogP) is 1.22. The van der Waals surface area contributed by atoms with E-state index >= 15 is 0 Å². The molecule has 0 aliphatic rings. The van der Waals surface area contributed by atoms with Gasteiger partial charge >= 0.3 is 0 Å². The molecule has 0 saturated carbocycles. The van der Waals surface area contributed by atoms with Crippen LogP contribution in [0.1, 0.15) is 16.1 Å². The second kappa shape index (κ2) is 7.76. The summed E-state index contributed by atoms with van der Waals surface area (Å²) in [5.41, 5.74) is 3.52. The Balaban J connectivity index is 1.88. The van der Waals surface area contributed by atoms with Crippen LogP contribution >= 0.6 is 0 Å². The second-order valence-corrected chi connectivity index (χ2v) is 4.06. The van der Waals surface area contributed by atoms with Crippen molar-refractivity contribution in [2.45, 2.75) is 0 Å². The van der Waals surface area contributed by atoms with Crippen LogP contribution in [0.25, 0.3) is 0 Å². The van der Waals surface area contributed by atoms with Crippen LogP contribution in [0.4, 0.5) is 0 Å². The first-order valence-electron chi connectivity index (χ1n) is 6.38. The third kappa shape index (κ3) is 4.70. The summed E-state index contributed by atoms with van der Waals surface area (Å²) in [5.74, 6) is 0.300. The van der Waals surface area contributed by atoms with Crippen molar-refractivity contribution in [3.63, 3.8) is 0 Å². The number of carbonyl (C=O) groups is 1. The molecular weight excluding hydrogens is 270 g/mol. The first-order valence-corrected chi connectivity index (χ1v) is 6.38. The zero-order chi connectivity index (χ0) is 14.9. The van der Waals surface area contributed by atoms with E-state index in [0.29, 0.717) is 11.4 Å². The highest BCUT2D eigenvalue weighted by molar-refractivity contribution is 5.93. The maximum atomic E-state index is 11.7. The predicted molar refractivity (Wildman–Crippen MR) is 78.3 cm³/mol. The maximum Gasteiger partial charge on any atom is 0.289 e. The molecule has 1 aromatic carbocycles. The largest absolute Gasteiger partial charge is 0.491 e. The third-order valence-corrected chi connectivity index (χ3v) is 2.52. The summed E-state index contributed by atoms with van der Waals surface area (Å²) in [6, 6.07) is 12.2. The Kier molecular flexibility index (Phi) is 5.42. The van der Waals surface area contributed by atoms with Gasteiger partial charge in [-0.1, -0.05) is 6.07 Å².